The fourth-order valence-electron chi connectivity index (χ4n) is 2.44. The Morgan fingerprint density at radius 3 is 2.54 bits per heavy atom. The van der Waals surface area contributed by atoms with Crippen molar-refractivity contribution in [1.29, 1.82) is 0 Å². The van der Waals surface area contributed by atoms with Crippen molar-refractivity contribution in [3.63, 3.8) is 0 Å². The number of carbonyl (C=O) groups excluding carboxylic acids is 3. The average molecular weight is 388 g/mol. The van der Waals surface area contributed by atoms with E-state index in [0.717, 1.165) is 4.57 Å². The number of hydrogen-bond donors (Lipinski definition) is 1. The van der Waals surface area contributed by atoms with Crippen LogP contribution in [0.15, 0.2) is 17.1 Å². The molecule has 0 unspecified atom stereocenters. The van der Waals surface area contributed by atoms with E-state index in [0.29, 0.717) is 0 Å². The fourth-order valence-corrected chi connectivity index (χ4v) is 2.83. The molecule has 1 fully saturated rings. The van der Waals surface area contributed by atoms with Crippen molar-refractivity contribution in [2.75, 3.05) is 11.9 Å². The summed E-state index contributed by atoms with van der Waals surface area (Å²) in [5.41, 5.74) is -0.721. The van der Waals surface area contributed by atoms with Gasteiger partial charge in [-0.15, -0.1) is 11.6 Å². The summed E-state index contributed by atoms with van der Waals surface area (Å²) in [4.78, 5) is 49.3. The second-order valence-corrected chi connectivity index (χ2v) is 6.07. The Morgan fingerprint density at radius 2 is 2.00 bits per heavy atom. The molecule has 1 aromatic heterocycles. The predicted molar refractivity (Wildman–Crippen MR) is 88.5 cm³/mol. The number of rotatable bonds is 5. The Kier molecular flexibility index (Phi) is 6.32. The minimum Gasteiger partial charge on any atom is -0.463 e. The largest absolute Gasteiger partial charge is 0.463 e. The van der Waals surface area contributed by atoms with Gasteiger partial charge in [0.15, 0.2) is 12.3 Å². The van der Waals surface area contributed by atoms with Gasteiger partial charge in [0.1, 0.15) is 23.9 Å². The van der Waals surface area contributed by atoms with E-state index >= 15 is 0 Å². The van der Waals surface area contributed by atoms with Gasteiger partial charge in [0.05, 0.1) is 0 Å². The molecule has 142 valence electrons. The molecule has 2 heterocycles. The van der Waals surface area contributed by atoms with Gasteiger partial charge in [-0.2, -0.15) is 4.98 Å². The lowest BCUT2D eigenvalue weighted by Crippen LogP contribution is -2.36. The Bertz CT molecular complexity index is 766. The zero-order chi connectivity index (χ0) is 19.4. The summed E-state index contributed by atoms with van der Waals surface area (Å²) < 4.78 is 16.8. The fraction of sp³-hybridized carbons (Fsp3) is 0.533. The standard InChI is InChI=1S/C15H18ClN3O7/c1-7(20)17-11-4-5-19(15(23)18-11)14-12(16)13(25-9(3)22)10(26-14)6-24-8(2)21/h4-5,10,12-14H,6H2,1-3H3,(H,17,18,20,23)/t10-,12+,13-,14+/m1/s1. The number of ether oxygens (including phenoxy) is 3. The van der Waals surface area contributed by atoms with Gasteiger partial charge < -0.3 is 19.5 Å². The highest BCUT2D eigenvalue weighted by atomic mass is 35.5. The molecule has 0 spiro atoms. The summed E-state index contributed by atoms with van der Waals surface area (Å²) in [5.74, 6) is -1.43. The van der Waals surface area contributed by atoms with E-state index in [9.17, 15) is 19.2 Å². The van der Waals surface area contributed by atoms with Gasteiger partial charge in [0.25, 0.3) is 0 Å². The number of carbonyl (C=O) groups is 3. The molecule has 1 aromatic rings. The number of alkyl halides is 1. The molecular formula is C15H18ClN3O7. The summed E-state index contributed by atoms with van der Waals surface area (Å²) in [7, 11) is 0. The monoisotopic (exact) mass is 387 g/mol. The van der Waals surface area contributed by atoms with Crippen LogP contribution in [0.25, 0.3) is 0 Å². The Balaban J connectivity index is 2.25. The molecule has 26 heavy (non-hydrogen) atoms. The van der Waals surface area contributed by atoms with E-state index in [1.165, 1.54) is 33.0 Å². The Labute approximate surface area is 153 Å². The molecule has 4 atom stereocenters. The number of anilines is 1. The minimum atomic E-state index is -1.01. The van der Waals surface area contributed by atoms with Gasteiger partial charge in [0, 0.05) is 27.0 Å². The van der Waals surface area contributed by atoms with Crippen LogP contribution < -0.4 is 11.0 Å². The van der Waals surface area contributed by atoms with Gasteiger partial charge in [-0.05, 0) is 6.07 Å². The lowest BCUT2D eigenvalue weighted by Gasteiger charge is -2.19. The van der Waals surface area contributed by atoms with Crippen LogP contribution in [0.2, 0.25) is 0 Å². The van der Waals surface area contributed by atoms with Crippen LogP contribution >= 0.6 is 11.6 Å². The SMILES string of the molecule is CC(=O)Nc1ccn([C@H]2O[C@H](COC(C)=O)[C@@H](OC(C)=O)[C@@H]2Cl)c(=O)n1. The van der Waals surface area contributed by atoms with Gasteiger partial charge in [-0.1, -0.05) is 0 Å². The first-order valence-corrected chi connectivity index (χ1v) is 8.09. The van der Waals surface area contributed by atoms with Crippen molar-refractivity contribution in [3.05, 3.63) is 22.7 Å². The number of esters is 2. The Hall–Kier alpha value is -2.46. The topological polar surface area (TPSA) is 126 Å². The van der Waals surface area contributed by atoms with Crippen LogP contribution in [0.4, 0.5) is 5.82 Å². The second kappa shape index (κ2) is 8.28. The molecule has 0 bridgehead atoms. The number of aromatic nitrogens is 2. The van der Waals surface area contributed by atoms with E-state index in [2.05, 4.69) is 10.3 Å². The molecule has 1 N–H and O–H groups in total. The van der Waals surface area contributed by atoms with E-state index in [-0.39, 0.29) is 18.3 Å². The molecule has 1 saturated heterocycles. The second-order valence-electron chi connectivity index (χ2n) is 5.57. The van der Waals surface area contributed by atoms with E-state index in [4.69, 9.17) is 25.8 Å². The van der Waals surface area contributed by atoms with Gasteiger partial charge >= 0.3 is 17.6 Å². The van der Waals surface area contributed by atoms with Crippen LogP contribution in [0.5, 0.6) is 0 Å². The Morgan fingerprint density at radius 1 is 1.31 bits per heavy atom. The summed E-state index contributed by atoms with van der Waals surface area (Å²) in [6, 6.07) is 1.40. The highest BCUT2D eigenvalue weighted by Gasteiger charge is 2.47. The predicted octanol–water partition coefficient (Wildman–Crippen LogP) is 0.201. The van der Waals surface area contributed by atoms with E-state index in [1.807, 2.05) is 0 Å². The highest BCUT2D eigenvalue weighted by molar-refractivity contribution is 6.21. The van der Waals surface area contributed by atoms with Gasteiger partial charge in [-0.25, -0.2) is 4.79 Å². The van der Waals surface area contributed by atoms with Crippen LogP contribution in [-0.4, -0.2) is 51.6 Å². The van der Waals surface area contributed by atoms with Gasteiger partial charge in [-0.3, -0.25) is 19.0 Å². The third kappa shape index (κ3) is 4.79. The molecule has 1 amide bonds. The number of nitrogens with one attached hydrogen (secondary N) is 1. The van der Waals surface area contributed by atoms with Crippen molar-refractivity contribution in [3.8, 4) is 0 Å². The smallest absolute Gasteiger partial charge is 0.351 e. The molecule has 0 aliphatic carbocycles. The lowest BCUT2D eigenvalue weighted by molar-refractivity contribution is -0.155. The summed E-state index contributed by atoms with van der Waals surface area (Å²) in [6.45, 7) is 3.51. The molecule has 0 radical (unpaired) electrons. The van der Waals surface area contributed by atoms with Crippen LogP contribution in [-0.2, 0) is 28.6 Å². The molecule has 10 nitrogen and oxygen atoms in total. The average Bonchev–Trinajstić information content (AvgIpc) is 2.81. The molecule has 2 rings (SSSR count). The van der Waals surface area contributed by atoms with Crippen LogP contribution in [0.3, 0.4) is 0 Å². The molecule has 11 heteroatoms. The third-order valence-corrected chi connectivity index (χ3v) is 3.89. The minimum absolute atomic E-state index is 0.0795. The first-order chi connectivity index (χ1) is 12.2. The lowest BCUT2D eigenvalue weighted by atomic mass is 10.1. The summed E-state index contributed by atoms with van der Waals surface area (Å²) >= 11 is 6.33. The van der Waals surface area contributed by atoms with Gasteiger partial charge in [0.2, 0.25) is 5.91 Å². The van der Waals surface area contributed by atoms with E-state index in [1.54, 1.807) is 0 Å². The summed E-state index contributed by atoms with van der Waals surface area (Å²) in [5, 5.41) is 1.46. The quantitative estimate of drug-likeness (QED) is 0.561. The number of halogens is 1. The zero-order valence-electron chi connectivity index (χ0n) is 14.3. The molecule has 0 aromatic carbocycles. The number of nitrogens with zero attached hydrogens (tertiary/aromatic N) is 2. The maximum Gasteiger partial charge on any atom is 0.351 e. The maximum absolute atomic E-state index is 12.2. The van der Waals surface area contributed by atoms with E-state index < -0.39 is 41.4 Å². The first kappa shape index (κ1) is 19.9. The first-order valence-electron chi connectivity index (χ1n) is 7.66. The summed E-state index contributed by atoms with van der Waals surface area (Å²) in [6.07, 6.45) is -1.44. The van der Waals surface area contributed by atoms with Crippen molar-refractivity contribution in [2.45, 2.75) is 44.6 Å². The molecular weight excluding hydrogens is 370 g/mol. The molecule has 1 aliphatic rings. The third-order valence-electron chi connectivity index (χ3n) is 3.43. The normalized spacial score (nSPS) is 24.8. The zero-order valence-corrected chi connectivity index (χ0v) is 15.1. The molecule has 0 saturated carbocycles. The number of amides is 1. The highest BCUT2D eigenvalue weighted by Crippen LogP contribution is 2.35. The molecule has 1 aliphatic heterocycles. The van der Waals surface area contributed by atoms with Crippen LogP contribution in [0, 0.1) is 0 Å². The van der Waals surface area contributed by atoms with Crippen molar-refractivity contribution >= 4 is 35.3 Å². The van der Waals surface area contributed by atoms with Crippen molar-refractivity contribution in [2.24, 2.45) is 0 Å². The van der Waals surface area contributed by atoms with Crippen molar-refractivity contribution < 1.29 is 28.6 Å². The number of hydrogen-bond acceptors (Lipinski definition) is 8. The van der Waals surface area contributed by atoms with Crippen molar-refractivity contribution in [1.82, 2.24) is 9.55 Å². The maximum atomic E-state index is 12.2. The van der Waals surface area contributed by atoms with Crippen LogP contribution in [0.1, 0.15) is 27.0 Å².